The van der Waals surface area contributed by atoms with Gasteiger partial charge in [0.25, 0.3) is 11.8 Å². The second-order valence-electron chi connectivity index (χ2n) is 5.59. The Labute approximate surface area is 147 Å². The molecule has 0 unspecified atom stereocenters. The number of phenols is 1. The molecule has 4 amide bonds. The molecule has 1 fully saturated rings. The Hall–Kier alpha value is -3.81. The molecule has 130 valence electrons. The first-order valence-corrected chi connectivity index (χ1v) is 7.63. The number of hydrogen-bond acceptors (Lipinski definition) is 6. The summed E-state index contributed by atoms with van der Waals surface area (Å²) in [5.41, 5.74) is 0.582. The lowest BCUT2D eigenvalue weighted by Crippen LogP contribution is -2.54. The minimum atomic E-state index is -0.853. The van der Waals surface area contributed by atoms with Gasteiger partial charge in [0.15, 0.2) is 11.5 Å². The van der Waals surface area contributed by atoms with Gasteiger partial charge in [0.1, 0.15) is 11.3 Å². The van der Waals surface area contributed by atoms with Crippen LogP contribution in [0.1, 0.15) is 5.56 Å². The Bertz CT molecular complexity index is 964. The highest BCUT2D eigenvalue weighted by Crippen LogP contribution is 2.33. The van der Waals surface area contributed by atoms with Crippen molar-refractivity contribution in [3.05, 3.63) is 53.6 Å². The first-order valence-electron chi connectivity index (χ1n) is 7.63. The van der Waals surface area contributed by atoms with Crippen LogP contribution in [0.3, 0.4) is 0 Å². The van der Waals surface area contributed by atoms with Crippen molar-refractivity contribution in [3.63, 3.8) is 0 Å². The van der Waals surface area contributed by atoms with Gasteiger partial charge in [-0.15, -0.1) is 0 Å². The zero-order valence-corrected chi connectivity index (χ0v) is 13.3. The maximum absolute atomic E-state index is 12.7. The lowest BCUT2D eigenvalue weighted by molar-refractivity contribution is -0.122. The lowest BCUT2D eigenvalue weighted by atomic mass is 10.1. The van der Waals surface area contributed by atoms with Crippen LogP contribution in [0, 0.1) is 0 Å². The van der Waals surface area contributed by atoms with Crippen molar-refractivity contribution in [3.8, 4) is 17.2 Å². The predicted octanol–water partition coefficient (Wildman–Crippen LogP) is 1.79. The van der Waals surface area contributed by atoms with E-state index >= 15 is 0 Å². The lowest BCUT2D eigenvalue weighted by Gasteiger charge is -2.26. The molecule has 4 rings (SSSR count). The highest BCUT2D eigenvalue weighted by molar-refractivity contribution is 6.39. The predicted molar refractivity (Wildman–Crippen MR) is 89.7 cm³/mol. The molecule has 8 heteroatoms. The maximum Gasteiger partial charge on any atom is 0.335 e. The van der Waals surface area contributed by atoms with Crippen LogP contribution < -0.4 is 19.7 Å². The van der Waals surface area contributed by atoms with Crippen molar-refractivity contribution in [2.75, 3.05) is 11.7 Å². The largest absolute Gasteiger partial charge is 0.508 e. The van der Waals surface area contributed by atoms with Crippen LogP contribution >= 0.6 is 0 Å². The number of anilines is 1. The maximum atomic E-state index is 12.7. The summed E-state index contributed by atoms with van der Waals surface area (Å²) in [7, 11) is 0. The second-order valence-corrected chi connectivity index (χ2v) is 5.59. The van der Waals surface area contributed by atoms with Crippen molar-refractivity contribution in [1.82, 2.24) is 5.32 Å². The Kier molecular flexibility index (Phi) is 3.58. The number of fused-ring (bicyclic) bond motifs is 1. The van der Waals surface area contributed by atoms with Crippen LogP contribution in [0.4, 0.5) is 10.5 Å². The zero-order valence-electron chi connectivity index (χ0n) is 13.3. The highest BCUT2D eigenvalue weighted by atomic mass is 16.7. The summed E-state index contributed by atoms with van der Waals surface area (Å²) < 4.78 is 10.5. The fourth-order valence-corrected chi connectivity index (χ4v) is 2.66. The smallest absolute Gasteiger partial charge is 0.335 e. The number of ether oxygens (including phenoxy) is 2. The summed E-state index contributed by atoms with van der Waals surface area (Å²) in [6, 6.07) is 9.61. The van der Waals surface area contributed by atoms with E-state index in [1.54, 1.807) is 18.2 Å². The summed E-state index contributed by atoms with van der Waals surface area (Å²) >= 11 is 0. The number of nitrogens with one attached hydrogen (secondary N) is 1. The number of barbiturate groups is 1. The molecule has 0 aromatic heterocycles. The average Bonchev–Trinajstić information content (AvgIpc) is 3.08. The van der Waals surface area contributed by atoms with E-state index in [0.29, 0.717) is 17.1 Å². The van der Waals surface area contributed by atoms with E-state index in [9.17, 15) is 19.5 Å². The molecule has 1 saturated heterocycles. The molecule has 2 aliphatic rings. The van der Waals surface area contributed by atoms with Crippen LogP contribution in [0.5, 0.6) is 17.2 Å². The molecular weight excluding hydrogens is 340 g/mol. The van der Waals surface area contributed by atoms with Crippen molar-refractivity contribution in [2.45, 2.75) is 0 Å². The van der Waals surface area contributed by atoms with Crippen molar-refractivity contribution < 1.29 is 29.0 Å². The number of benzene rings is 2. The summed E-state index contributed by atoms with van der Waals surface area (Å²) in [4.78, 5) is 37.8. The van der Waals surface area contributed by atoms with Crippen LogP contribution in [0.15, 0.2) is 48.0 Å². The van der Waals surface area contributed by atoms with E-state index in [1.807, 2.05) is 0 Å². The molecule has 0 atom stereocenters. The highest BCUT2D eigenvalue weighted by Gasteiger charge is 2.36. The number of imide groups is 2. The van der Waals surface area contributed by atoms with Gasteiger partial charge in [-0.1, -0.05) is 6.07 Å². The van der Waals surface area contributed by atoms with Gasteiger partial charge in [0.2, 0.25) is 6.79 Å². The molecule has 2 N–H and O–H groups in total. The van der Waals surface area contributed by atoms with Gasteiger partial charge in [-0.25, -0.2) is 9.69 Å². The van der Waals surface area contributed by atoms with Gasteiger partial charge >= 0.3 is 6.03 Å². The van der Waals surface area contributed by atoms with E-state index in [4.69, 9.17) is 9.47 Å². The van der Waals surface area contributed by atoms with E-state index in [1.165, 1.54) is 30.3 Å². The molecule has 8 nitrogen and oxygen atoms in total. The molecular formula is C18H12N2O6. The number of carbonyl (C=O) groups excluding carboxylic acids is 3. The summed E-state index contributed by atoms with van der Waals surface area (Å²) in [6.07, 6.45) is 1.37. The Morgan fingerprint density at radius 3 is 2.50 bits per heavy atom. The van der Waals surface area contributed by atoms with Gasteiger partial charge in [0, 0.05) is 0 Å². The SMILES string of the molecule is O=C1NC(=O)N(c2ccc(O)cc2)C(=O)/C1=C/c1ccc2c(c1)OCO2. The molecule has 0 aliphatic carbocycles. The van der Waals surface area contributed by atoms with Gasteiger partial charge in [0.05, 0.1) is 5.69 Å². The fourth-order valence-electron chi connectivity index (χ4n) is 2.66. The fraction of sp³-hybridized carbons (Fsp3) is 0.0556. The molecule has 26 heavy (non-hydrogen) atoms. The number of rotatable bonds is 2. The van der Waals surface area contributed by atoms with Crippen LogP contribution in [0.25, 0.3) is 6.08 Å². The quantitative estimate of drug-likeness (QED) is 0.631. The van der Waals surface area contributed by atoms with Crippen LogP contribution in [-0.4, -0.2) is 29.7 Å². The molecule has 2 heterocycles. The monoisotopic (exact) mass is 352 g/mol. The first-order chi connectivity index (χ1) is 12.5. The molecule has 2 aliphatic heterocycles. The first kappa shape index (κ1) is 15.7. The van der Waals surface area contributed by atoms with E-state index < -0.39 is 17.8 Å². The van der Waals surface area contributed by atoms with Crippen LogP contribution in [-0.2, 0) is 9.59 Å². The minimum Gasteiger partial charge on any atom is -0.508 e. The third-order valence-corrected chi connectivity index (χ3v) is 3.92. The van der Waals surface area contributed by atoms with E-state index in [-0.39, 0.29) is 23.8 Å². The Morgan fingerprint density at radius 2 is 1.73 bits per heavy atom. The van der Waals surface area contributed by atoms with Crippen LogP contribution in [0.2, 0.25) is 0 Å². The third-order valence-electron chi connectivity index (χ3n) is 3.92. The normalized spacial score (nSPS) is 17.6. The minimum absolute atomic E-state index is 0.00850. The number of phenolic OH excluding ortho intramolecular Hbond substituents is 1. The summed E-state index contributed by atoms with van der Waals surface area (Å²) in [5.74, 6) is -0.470. The summed E-state index contributed by atoms with van der Waals surface area (Å²) in [5, 5.41) is 11.5. The summed E-state index contributed by atoms with van der Waals surface area (Å²) in [6.45, 7) is 0.109. The van der Waals surface area contributed by atoms with E-state index in [2.05, 4.69) is 5.32 Å². The number of aromatic hydroxyl groups is 1. The topological polar surface area (TPSA) is 105 Å². The second kappa shape index (κ2) is 5.92. The van der Waals surface area contributed by atoms with Gasteiger partial charge < -0.3 is 14.6 Å². The molecule has 0 saturated carbocycles. The molecule has 0 spiro atoms. The molecule has 0 bridgehead atoms. The van der Waals surface area contributed by atoms with E-state index in [0.717, 1.165) is 4.90 Å². The zero-order chi connectivity index (χ0) is 18.3. The number of carbonyl (C=O) groups is 3. The van der Waals surface area contributed by atoms with Gasteiger partial charge in [-0.2, -0.15) is 0 Å². The third kappa shape index (κ3) is 2.63. The van der Waals surface area contributed by atoms with Crippen molar-refractivity contribution in [2.24, 2.45) is 0 Å². The number of nitrogens with zero attached hydrogens (tertiary/aromatic N) is 1. The van der Waals surface area contributed by atoms with Gasteiger partial charge in [-0.05, 0) is 48.0 Å². The Balaban J connectivity index is 1.71. The molecule has 2 aromatic rings. The number of hydrogen-bond donors (Lipinski definition) is 2. The Morgan fingerprint density at radius 1 is 1.00 bits per heavy atom. The number of urea groups is 1. The molecule has 2 aromatic carbocycles. The number of amides is 4. The average molecular weight is 352 g/mol. The van der Waals surface area contributed by atoms with Gasteiger partial charge in [-0.3, -0.25) is 14.9 Å². The standard InChI is InChI=1S/C18H12N2O6/c21-12-4-2-11(3-5-12)20-17(23)13(16(22)19-18(20)24)7-10-1-6-14-15(8-10)26-9-25-14/h1-8,21H,9H2,(H,19,22,24)/b13-7+. The van der Waals surface area contributed by atoms with Crippen molar-refractivity contribution >= 4 is 29.6 Å². The van der Waals surface area contributed by atoms with Crippen molar-refractivity contribution in [1.29, 1.82) is 0 Å². The molecule has 0 radical (unpaired) electrons.